The van der Waals surface area contributed by atoms with Crippen LogP contribution in [0, 0.1) is 0 Å². The lowest BCUT2D eigenvalue weighted by Gasteiger charge is -2.34. The molecule has 6 nitrogen and oxygen atoms in total. The summed E-state index contributed by atoms with van der Waals surface area (Å²) in [6.45, 7) is 4.08. The van der Waals surface area contributed by atoms with Gasteiger partial charge in [-0.2, -0.15) is 0 Å². The monoisotopic (exact) mass is 404 g/mol. The van der Waals surface area contributed by atoms with Crippen molar-refractivity contribution in [2.45, 2.75) is 44.7 Å². The Bertz CT molecular complexity index is 1070. The number of benzene rings is 2. The lowest BCUT2D eigenvalue weighted by molar-refractivity contribution is 0.175. The van der Waals surface area contributed by atoms with Gasteiger partial charge in [0.05, 0.1) is 23.8 Å². The molecule has 1 unspecified atom stereocenters. The van der Waals surface area contributed by atoms with Gasteiger partial charge >= 0.3 is 6.09 Å². The highest BCUT2D eigenvalue weighted by Gasteiger charge is 2.32. The zero-order chi connectivity index (χ0) is 20.7. The summed E-state index contributed by atoms with van der Waals surface area (Å²) in [5.74, 6) is 1.10. The number of nitrogens with zero attached hydrogens (tertiary/aromatic N) is 3. The molecule has 6 heteroatoms. The van der Waals surface area contributed by atoms with Crippen molar-refractivity contribution >= 4 is 22.8 Å². The Balaban J connectivity index is 1.67. The van der Waals surface area contributed by atoms with Crippen LogP contribution in [0.25, 0.3) is 11.0 Å². The Hall–Kier alpha value is -2.86. The van der Waals surface area contributed by atoms with Gasteiger partial charge in [0, 0.05) is 30.6 Å². The number of aromatic nitrogens is 2. The number of rotatable bonds is 3. The highest BCUT2D eigenvalue weighted by Crippen LogP contribution is 2.38. The molecule has 2 aliphatic rings. The zero-order valence-corrected chi connectivity index (χ0v) is 17.6. The SMILES string of the molecule is COC(=O)N1c2ccc3c(nc(Cc4ccccc4)n3C3CCNC3)c2CC[C@@H]1C. The van der Waals surface area contributed by atoms with E-state index in [0.717, 1.165) is 61.4 Å². The van der Waals surface area contributed by atoms with Gasteiger partial charge in [-0.1, -0.05) is 30.3 Å². The third kappa shape index (κ3) is 3.16. The molecular formula is C24H28N4O2. The number of imidazole rings is 1. The van der Waals surface area contributed by atoms with E-state index in [9.17, 15) is 4.79 Å². The molecule has 1 N–H and O–H groups in total. The van der Waals surface area contributed by atoms with Gasteiger partial charge in [-0.3, -0.25) is 4.90 Å². The number of anilines is 1. The average Bonchev–Trinajstić information content (AvgIpc) is 3.41. The summed E-state index contributed by atoms with van der Waals surface area (Å²) in [4.78, 5) is 19.4. The molecule has 3 heterocycles. The molecule has 30 heavy (non-hydrogen) atoms. The third-order valence-corrected chi connectivity index (χ3v) is 6.50. The van der Waals surface area contributed by atoms with Crippen LogP contribution in [0.3, 0.4) is 0 Å². The molecular weight excluding hydrogens is 376 g/mol. The predicted octanol–water partition coefficient (Wildman–Crippen LogP) is 4.07. The highest BCUT2D eigenvalue weighted by atomic mass is 16.5. The minimum Gasteiger partial charge on any atom is -0.452 e. The molecule has 156 valence electrons. The quantitative estimate of drug-likeness (QED) is 0.715. The van der Waals surface area contributed by atoms with Crippen molar-refractivity contribution in [3.63, 3.8) is 0 Å². The Kier molecular flexibility index (Phi) is 4.95. The fraction of sp³-hybridized carbons (Fsp3) is 0.417. The number of carbonyl (C=O) groups excluding carboxylic acids is 1. The molecule has 0 saturated carbocycles. The van der Waals surface area contributed by atoms with E-state index in [1.807, 2.05) is 6.07 Å². The van der Waals surface area contributed by atoms with Crippen LogP contribution in [0.15, 0.2) is 42.5 Å². The maximum Gasteiger partial charge on any atom is 0.414 e. The minimum absolute atomic E-state index is 0.118. The Labute approximate surface area is 176 Å². The minimum atomic E-state index is -0.299. The van der Waals surface area contributed by atoms with Crippen LogP contribution in [0.5, 0.6) is 0 Å². The largest absolute Gasteiger partial charge is 0.452 e. The summed E-state index contributed by atoms with van der Waals surface area (Å²) >= 11 is 0. The number of amides is 1. The molecule has 0 bridgehead atoms. The normalized spacial score (nSPS) is 21.1. The van der Waals surface area contributed by atoms with E-state index in [4.69, 9.17) is 9.72 Å². The van der Waals surface area contributed by atoms with Crippen LogP contribution in [0.2, 0.25) is 0 Å². The van der Waals surface area contributed by atoms with E-state index >= 15 is 0 Å². The molecule has 3 aromatic rings. The molecule has 1 fully saturated rings. The molecule has 5 rings (SSSR count). The summed E-state index contributed by atoms with van der Waals surface area (Å²) < 4.78 is 7.51. The topological polar surface area (TPSA) is 59.4 Å². The number of nitrogens with one attached hydrogen (secondary N) is 1. The van der Waals surface area contributed by atoms with Crippen molar-refractivity contribution in [2.24, 2.45) is 0 Å². The van der Waals surface area contributed by atoms with E-state index in [1.54, 1.807) is 4.90 Å². The van der Waals surface area contributed by atoms with E-state index < -0.39 is 0 Å². The molecule has 1 amide bonds. The van der Waals surface area contributed by atoms with Crippen LogP contribution in [0.1, 0.15) is 42.8 Å². The number of hydrogen-bond acceptors (Lipinski definition) is 4. The summed E-state index contributed by atoms with van der Waals surface area (Å²) in [7, 11) is 1.45. The maximum absolute atomic E-state index is 12.5. The summed E-state index contributed by atoms with van der Waals surface area (Å²) in [5, 5.41) is 3.50. The van der Waals surface area contributed by atoms with E-state index in [1.165, 1.54) is 18.2 Å². The van der Waals surface area contributed by atoms with Gasteiger partial charge in [0.15, 0.2) is 0 Å². The first kappa shape index (κ1) is 19.1. The first-order valence-electron chi connectivity index (χ1n) is 10.8. The van der Waals surface area contributed by atoms with Crippen LogP contribution in [-0.2, 0) is 17.6 Å². The number of hydrogen-bond donors (Lipinski definition) is 1. The van der Waals surface area contributed by atoms with Gasteiger partial charge in [0.2, 0.25) is 0 Å². The molecule has 1 saturated heterocycles. The Morgan fingerprint density at radius 2 is 2.03 bits per heavy atom. The van der Waals surface area contributed by atoms with Gasteiger partial charge in [-0.25, -0.2) is 9.78 Å². The van der Waals surface area contributed by atoms with Crippen molar-refractivity contribution in [3.05, 3.63) is 59.4 Å². The Morgan fingerprint density at radius 1 is 1.20 bits per heavy atom. The van der Waals surface area contributed by atoms with Crippen LogP contribution < -0.4 is 10.2 Å². The molecule has 0 radical (unpaired) electrons. The maximum atomic E-state index is 12.5. The molecule has 0 spiro atoms. The number of aryl methyl sites for hydroxylation is 1. The number of ether oxygens (including phenoxy) is 1. The first-order valence-corrected chi connectivity index (χ1v) is 10.8. The molecule has 1 aromatic heterocycles. The van der Waals surface area contributed by atoms with E-state index in [0.29, 0.717) is 6.04 Å². The standard InChI is InChI=1S/C24H28N4O2/c1-16-8-9-19-20(27(16)24(29)30-2)10-11-21-23(19)26-22(14-17-6-4-3-5-7-17)28(21)18-12-13-25-15-18/h3-7,10-11,16,18,25H,8-9,12-15H2,1-2H3/t16-,18?/m0/s1. The fourth-order valence-corrected chi connectivity index (χ4v) is 4.99. The second kappa shape index (κ2) is 7.76. The van der Waals surface area contributed by atoms with Crippen molar-refractivity contribution in [3.8, 4) is 0 Å². The fourth-order valence-electron chi connectivity index (χ4n) is 4.99. The van der Waals surface area contributed by atoms with Gasteiger partial charge in [0.1, 0.15) is 5.82 Å². The first-order chi connectivity index (χ1) is 14.7. The van der Waals surface area contributed by atoms with Gasteiger partial charge in [-0.15, -0.1) is 0 Å². The van der Waals surface area contributed by atoms with Gasteiger partial charge in [-0.05, 0) is 50.4 Å². The zero-order valence-electron chi connectivity index (χ0n) is 17.6. The molecule has 2 aromatic carbocycles. The number of carbonyl (C=O) groups is 1. The smallest absolute Gasteiger partial charge is 0.414 e. The summed E-state index contributed by atoms with van der Waals surface area (Å²) in [6.07, 6.45) is 3.44. The van der Waals surface area contributed by atoms with Crippen molar-refractivity contribution in [1.82, 2.24) is 14.9 Å². The second-order valence-corrected chi connectivity index (χ2v) is 8.37. The van der Waals surface area contributed by atoms with Crippen molar-refractivity contribution < 1.29 is 9.53 Å². The van der Waals surface area contributed by atoms with E-state index in [2.05, 4.69) is 53.2 Å². The van der Waals surface area contributed by atoms with Crippen LogP contribution >= 0.6 is 0 Å². The van der Waals surface area contributed by atoms with Gasteiger partial charge < -0.3 is 14.6 Å². The Morgan fingerprint density at radius 3 is 2.77 bits per heavy atom. The highest BCUT2D eigenvalue weighted by molar-refractivity contribution is 5.95. The predicted molar refractivity (Wildman–Crippen MR) is 118 cm³/mol. The molecule has 2 atom stereocenters. The number of methoxy groups -OCH3 is 1. The molecule has 0 aliphatic carbocycles. The summed E-state index contributed by atoms with van der Waals surface area (Å²) in [6, 6.07) is 15.3. The average molecular weight is 405 g/mol. The van der Waals surface area contributed by atoms with Gasteiger partial charge in [0.25, 0.3) is 0 Å². The van der Waals surface area contributed by atoms with Crippen LogP contribution in [0.4, 0.5) is 10.5 Å². The van der Waals surface area contributed by atoms with E-state index in [-0.39, 0.29) is 12.1 Å². The molecule has 2 aliphatic heterocycles. The van der Waals surface area contributed by atoms with Crippen LogP contribution in [-0.4, -0.2) is 41.9 Å². The lowest BCUT2D eigenvalue weighted by atomic mass is 9.95. The van der Waals surface area contributed by atoms with Crippen molar-refractivity contribution in [1.29, 1.82) is 0 Å². The lowest BCUT2D eigenvalue weighted by Crippen LogP contribution is -2.42. The summed E-state index contributed by atoms with van der Waals surface area (Å²) in [5.41, 5.74) is 5.57. The number of fused-ring (bicyclic) bond motifs is 3. The van der Waals surface area contributed by atoms with Crippen molar-refractivity contribution in [2.75, 3.05) is 25.1 Å². The second-order valence-electron chi connectivity index (χ2n) is 8.37. The third-order valence-electron chi connectivity index (χ3n) is 6.50.